The summed E-state index contributed by atoms with van der Waals surface area (Å²) in [6, 6.07) is 25.3. The van der Waals surface area contributed by atoms with Crippen molar-refractivity contribution >= 4 is 11.8 Å². The van der Waals surface area contributed by atoms with Gasteiger partial charge in [-0.25, -0.2) is 4.79 Å². The van der Waals surface area contributed by atoms with Crippen molar-refractivity contribution in [2.45, 2.75) is 51.6 Å². The SMILES string of the molecule is CCCOc1ccc([C@@H]2C(C(=O)OCc3ccccc3)=C(C)NC3=C2C(=O)C[C@H](c2ccccc2)C3)cc1OC. The number of dihydropyridines is 1. The zero-order valence-electron chi connectivity index (χ0n) is 23.2. The Labute approximate surface area is 235 Å². The number of hydrogen-bond acceptors (Lipinski definition) is 6. The number of ether oxygens (including phenoxy) is 3. The molecule has 5 rings (SSSR count). The Morgan fingerprint density at radius 2 is 1.65 bits per heavy atom. The number of Topliss-reactive ketones (excluding diaryl/α,β-unsaturated/α-hetero) is 1. The zero-order chi connectivity index (χ0) is 28.1. The second-order valence-electron chi connectivity index (χ2n) is 10.2. The van der Waals surface area contributed by atoms with Crippen LogP contribution in [0.25, 0.3) is 0 Å². The molecule has 0 unspecified atom stereocenters. The number of carbonyl (C=O) groups excluding carboxylic acids is 2. The van der Waals surface area contributed by atoms with Crippen LogP contribution >= 0.6 is 0 Å². The summed E-state index contributed by atoms with van der Waals surface area (Å²) in [4.78, 5) is 27.6. The number of allylic oxidation sites excluding steroid dienone is 3. The van der Waals surface area contributed by atoms with Crippen LogP contribution in [-0.4, -0.2) is 25.5 Å². The van der Waals surface area contributed by atoms with Gasteiger partial charge in [0.15, 0.2) is 17.3 Å². The van der Waals surface area contributed by atoms with Gasteiger partial charge < -0.3 is 19.5 Å². The third-order valence-corrected chi connectivity index (χ3v) is 7.51. The monoisotopic (exact) mass is 537 g/mol. The van der Waals surface area contributed by atoms with Gasteiger partial charge in [-0.1, -0.05) is 73.7 Å². The summed E-state index contributed by atoms with van der Waals surface area (Å²) in [7, 11) is 1.59. The highest BCUT2D eigenvalue weighted by Gasteiger charge is 2.41. The fourth-order valence-corrected chi connectivity index (χ4v) is 5.60. The molecule has 0 saturated carbocycles. The van der Waals surface area contributed by atoms with Crippen LogP contribution < -0.4 is 14.8 Å². The maximum atomic E-state index is 13.9. The lowest BCUT2D eigenvalue weighted by atomic mass is 9.71. The van der Waals surface area contributed by atoms with Crippen molar-refractivity contribution in [2.75, 3.05) is 13.7 Å². The van der Waals surface area contributed by atoms with E-state index in [-0.39, 0.29) is 18.3 Å². The number of esters is 1. The Bertz CT molecular complexity index is 1440. The molecule has 0 radical (unpaired) electrons. The van der Waals surface area contributed by atoms with E-state index in [0.29, 0.717) is 47.8 Å². The van der Waals surface area contributed by atoms with E-state index >= 15 is 0 Å². The topological polar surface area (TPSA) is 73.9 Å². The first-order valence-electron chi connectivity index (χ1n) is 13.8. The lowest BCUT2D eigenvalue weighted by molar-refractivity contribution is -0.140. The van der Waals surface area contributed by atoms with Gasteiger partial charge in [0.25, 0.3) is 0 Å². The normalized spacial score (nSPS) is 18.6. The molecule has 6 heteroatoms. The maximum Gasteiger partial charge on any atom is 0.337 e. The molecule has 1 aliphatic heterocycles. The minimum absolute atomic E-state index is 0.0266. The summed E-state index contributed by atoms with van der Waals surface area (Å²) in [6.45, 7) is 4.63. The number of ketones is 1. The van der Waals surface area contributed by atoms with Crippen molar-refractivity contribution in [1.29, 1.82) is 0 Å². The molecule has 3 aromatic carbocycles. The van der Waals surface area contributed by atoms with Crippen molar-refractivity contribution in [3.8, 4) is 11.5 Å². The molecule has 206 valence electrons. The van der Waals surface area contributed by atoms with Crippen LogP contribution in [0, 0.1) is 0 Å². The number of carbonyl (C=O) groups is 2. The molecule has 1 heterocycles. The highest BCUT2D eigenvalue weighted by Crippen LogP contribution is 2.47. The highest BCUT2D eigenvalue weighted by molar-refractivity contribution is 6.04. The average molecular weight is 538 g/mol. The highest BCUT2D eigenvalue weighted by atomic mass is 16.5. The second-order valence-corrected chi connectivity index (χ2v) is 10.2. The largest absolute Gasteiger partial charge is 0.493 e. The van der Waals surface area contributed by atoms with E-state index in [1.807, 2.05) is 80.6 Å². The molecule has 0 bridgehead atoms. The number of methoxy groups -OCH3 is 1. The Morgan fingerprint density at radius 1 is 0.925 bits per heavy atom. The molecule has 0 aromatic heterocycles. The summed E-state index contributed by atoms with van der Waals surface area (Å²) >= 11 is 0. The summed E-state index contributed by atoms with van der Waals surface area (Å²) in [5.41, 5.74) is 5.42. The van der Waals surface area contributed by atoms with Crippen molar-refractivity contribution < 1.29 is 23.8 Å². The molecule has 2 atom stereocenters. The molecule has 1 aliphatic carbocycles. The molecule has 1 N–H and O–H groups in total. The van der Waals surface area contributed by atoms with Gasteiger partial charge in [0.2, 0.25) is 0 Å². The van der Waals surface area contributed by atoms with E-state index in [4.69, 9.17) is 14.2 Å². The van der Waals surface area contributed by atoms with Crippen molar-refractivity contribution in [1.82, 2.24) is 5.32 Å². The van der Waals surface area contributed by atoms with E-state index in [1.54, 1.807) is 7.11 Å². The van der Waals surface area contributed by atoms with Crippen LogP contribution in [0.15, 0.2) is 101 Å². The van der Waals surface area contributed by atoms with Gasteiger partial charge in [0.05, 0.1) is 19.3 Å². The van der Waals surface area contributed by atoms with Crippen LogP contribution in [0.5, 0.6) is 11.5 Å². The van der Waals surface area contributed by atoms with Crippen LogP contribution in [0.4, 0.5) is 0 Å². The predicted molar refractivity (Wildman–Crippen MR) is 154 cm³/mol. The molecule has 40 heavy (non-hydrogen) atoms. The van der Waals surface area contributed by atoms with Crippen LogP contribution in [0.3, 0.4) is 0 Å². The molecule has 0 saturated heterocycles. The average Bonchev–Trinajstić information content (AvgIpc) is 2.99. The minimum atomic E-state index is -0.585. The molecule has 3 aromatic rings. The van der Waals surface area contributed by atoms with Gasteiger partial charge in [-0.2, -0.15) is 0 Å². The molecule has 6 nitrogen and oxygen atoms in total. The fourth-order valence-electron chi connectivity index (χ4n) is 5.60. The summed E-state index contributed by atoms with van der Waals surface area (Å²) in [5.74, 6) is 0.251. The van der Waals surface area contributed by atoms with Gasteiger partial charge in [-0.15, -0.1) is 0 Å². The third-order valence-electron chi connectivity index (χ3n) is 7.51. The summed E-state index contributed by atoms with van der Waals surface area (Å²) < 4.78 is 17.3. The van der Waals surface area contributed by atoms with Crippen LogP contribution in [0.1, 0.15) is 61.6 Å². The second kappa shape index (κ2) is 12.2. The lowest BCUT2D eigenvalue weighted by Gasteiger charge is -2.37. The first-order chi connectivity index (χ1) is 19.5. The first kappa shape index (κ1) is 27.3. The fraction of sp³-hybridized carbons (Fsp3) is 0.294. The first-order valence-corrected chi connectivity index (χ1v) is 13.8. The van der Waals surface area contributed by atoms with E-state index in [1.165, 1.54) is 0 Å². The Hall–Kier alpha value is -4.32. The van der Waals surface area contributed by atoms with Crippen LogP contribution in [-0.2, 0) is 20.9 Å². The number of hydrogen-bond donors (Lipinski definition) is 1. The smallest absolute Gasteiger partial charge is 0.337 e. The zero-order valence-corrected chi connectivity index (χ0v) is 23.2. The van der Waals surface area contributed by atoms with E-state index < -0.39 is 11.9 Å². The minimum Gasteiger partial charge on any atom is -0.493 e. The third kappa shape index (κ3) is 5.67. The van der Waals surface area contributed by atoms with Crippen molar-refractivity contribution in [2.24, 2.45) is 0 Å². The molecule has 0 fully saturated rings. The summed E-state index contributed by atoms with van der Waals surface area (Å²) in [6.07, 6.45) is 1.92. The Kier molecular flexibility index (Phi) is 8.34. The van der Waals surface area contributed by atoms with Gasteiger partial charge in [0, 0.05) is 29.3 Å². The standard InChI is InChI=1S/C34H35NO5/c1-4-17-39-29-16-15-25(20-30(29)38-3)32-31(34(37)40-21-23-11-7-5-8-12-23)22(2)35-27-18-26(19-28(36)33(27)32)24-13-9-6-10-14-24/h5-16,20,26,32,35H,4,17-19,21H2,1-3H3/t26-,32-/m1/s1. The van der Waals surface area contributed by atoms with Gasteiger partial charge in [-0.3, -0.25) is 4.79 Å². The van der Waals surface area contributed by atoms with Crippen molar-refractivity contribution in [3.05, 3.63) is 118 Å². The van der Waals surface area contributed by atoms with Crippen molar-refractivity contribution in [3.63, 3.8) is 0 Å². The Balaban J connectivity index is 1.54. The molecule has 0 spiro atoms. The molecular weight excluding hydrogens is 502 g/mol. The quantitative estimate of drug-likeness (QED) is 0.311. The number of nitrogens with one attached hydrogen (secondary N) is 1. The molecule has 0 amide bonds. The Morgan fingerprint density at radius 3 is 2.35 bits per heavy atom. The van der Waals surface area contributed by atoms with Gasteiger partial charge >= 0.3 is 5.97 Å². The predicted octanol–water partition coefficient (Wildman–Crippen LogP) is 6.59. The summed E-state index contributed by atoms with van der Waals surface area (Å²) in [5, 5.41) is 3.43. The molecular formula is C34H35NO5. The maximum absolute atomic E-state index is 13.9. The van der Waals surface area contributed by atoms with Gasteiger partial charge in [-0.05, 0) is 54.5 Å². The van der Waals surface area contributed by atoms with Crippen LogP contribution in [0.2, 0.25) is 0 Å². The number of rotatable bonds is 9. The molecule has 2 aliphatic rings. The van der Waals surface area contributed by atoms with E-state index in [2.05, 4.69) is 17.4 Å². The lowest BCUT2D eigenvalue weighted by Crippen LogP contribution is -2.36. The van der Waals surface area contributed by atoms with E-state index in [9.17, 15) is 9.59 Å². The van der Waals surface area contributed by atoms with Gasteiger partial charge in [0.1, 0.15) is 6.61 Å². The van der Waals surface area contributed by atoms with E-state index in [0.717, 1.165) is 28.8 Å². The number of benzene rings is 3.